The van der Waals surface area contributed by atoms with Crippen LogP contribution < -0.4 is 5.32 Å². The van der Waals surface area contributed by atoms with Crippen LogP contribution in [-0.4, -0.2) is 60.1 Å². The van der Waals surface area contributed by atoms with Gasteiger partial charge >= 0.3 is 0 Å². The lowest BCUT2D eigenvalue weighted by atomic mass is 9.96. The second kappa shape index (κ2) is 4.52. The Labute approximate surface area is 106 Å². The first-order chi connectivity index (χ1) is 8.14. The maximum absolute atomic E-state index is 3.66. The Kier molecular flexibility index (Phi) is 3.18. The molecule has 0 aromatic carbocycles. The third-order valence-corrected chi connectivity index (χ3v) is 4.95. The van der Waals surface area contributed by atoms with Crippen molar-refractivity contribution in [2.75, 3.05) is 32.7 Å². The summed E-state index contributed by atoms with van der Waals surface area (Å²) in [5.41, 5.74) is 0.356. The smallest absolute Gasteiger partial charge is 0.0239 e. The van der Waals surface area contributed by atoms with Gasteiger partial charge in [-0.05, 0) is 39.7 Å². The Morgan fingerprint density at radius 1 is 1.00 bits per heavy atom. The molecule has 0 aromatic rings. The summed E-state index contributed by atoms with van der Waals surface area (Å²) in [7, 11) is 0. The van der Waals surface area contributed by atoms with E-state index in [1.807, 2.05) is 0 Å². The van der Waals surface area contributed by atoms with Crippen molar-refractivity contribution in [2.45, 2.75) is 57.2 Å². The van der Waals surface area contributed by atoms with E-state index in [9.17, 15) is 0 Å². The zero-order valence-corrected chi connectivity index (χ0v) is 11.4. The molecule has 3 aliphatic rings. The molecule has 0 saturated carbocycles. The minimum atomic E-state index is 0.356. The molecule has 0 spiro atoms. The minimum Gasteiger partial charge on any atom is -0.310 e. The van der Waals surface area contributed by atoms with Crippen molar-refractivity contribution < 1.29 is 0 Å². The number of hydrogen-bond donors (Lipinski definition) is 1. The van der Waals surface area contributed by atoms with Crippen molar-refractivity contribution in [3.63, 3.8) is 0 Å². The Balaban J connectivity index is 1.59. The molecule has 3 rings (SSSR count). The van der Waals surface area contributed by atoms with Gasteiger partial charge in [0.15, 0.2) is 0 Å². The van der Waals surface area contributed by atoms with Crippen LogP contribution in [0.4, 0.5) is 0 Å². The van der Waals surface area contributed by atoms with Crippen LogP contribution in [0.2, 0.25) is 0 Å². The Hall–Kier alpha value is -0.120. The minimum absolute atomic E-state index is 0.356. The van der Waals surface area contributed by atoms with Crippen molar-refractivity contribution in [3.05, 3.63) is 0 Å². The molecule has 3 heterocycles. The van der Waals surface area contributed by atoms with Crippen LogP contribution in [0.25, 0.3) is 0 Å². The fourth-order valence-electron chi connectivity index (χ4n) is 3.90. The van der Waals surface area contributed by atoms with E-state index in [1.165, 1.54) is 58.4 Å². The zero-order chi connectivity index (χ0) is 11.9. The topological polar surface area (TPSA) is 18.5 Å². The van der Waals surface area contributed by atoms with Crippen molar-refractivity contribution in [2.24, 2.45) is 0 Å². The normalized spacial score (nSPS) is 39.2. The lowest BCUT2D eigenvalue weighted by Crippen LogP contribution is -2.57. The molecule has 0 aromatic heterocycles. The molecule has 17 heavy (non-hydrogen) atoms. The molecular formula is C14H27N3. The van der Waals surface area contributed by atoms with Crippen molar-refractivity contribution in [1.82, 2.24) is 15.1 Å². The fourth-order valence-corrected chi connectivity index (χ4v) is 3.90. The van der Waals surface area contributed by atoms with Gasteiger partial charge in [-0.2, -0.15) is 0 Å². The van der Waals surface area contributed by atoms with Crippen molar-refractivity contribution in [3.8, 4) is 0 Å². The van der Waals surface area contributed by atoms with E-state index >= 15 is 0 Å². The Bertz CT molecular complexity index is 277. The van der Waals surface area contributed by atoms with Gasteiger partial charge in [0.05, 0.1) is 0 Å². The molecule has 98 valence electrons. The van der Waals surface area contributed by atoms with E-state index < -0.39 is 0 Å². The number of piperidine rings is 1. The second-order valence-corrected chi connectivity index (χ2v) is 6.80. The SMILES string of the molecule is CC1(C)CC(N2CCN3CCCCC3C2)CN1. The molecule has 1 N–H and O–H groups in total. The number of rotatable bonds is 1. The van der Waals surface area contributed by atoms with E-state index in [-0.39, 0.29) is 0 Å². The van der Waals surface area contributed by atoms with Gasteiger partial charge in [0.1, 0.15) is 0 Å². The van der Waals surface area contributed by atoms with Gasteiger partial charge in [-0.3, -0.25) is 9.80 Å². The predicted molar refractivity (Wildman–Crippen MR) is 71.3 cm³/mol. The van der Waals surface area contributed by atoms with Gasteiger partial charge < -0.3 is 5.32 Å². The van der Waals surface area contributed by atoms with Crippen LogP contribution in [-0.2, 0) is 0 Å². The molecule has 3 nitrogen and oxygen atoms in total. The van der Waals surface area contributed by atoms with E-state index in [4.69, 9.17) is 0 Å². The molecule has 2 atom stereocenters. The maximum atomic E-state index is 3.66. The summed E-state index contributed by atoms with van der Waals surface area (Å²) >= 11 is 0. The summed E-state index contributed by atoms with van der Waals surface area (Å²) in [4.78, 5) is 5.49. The highest BCUT2D eigenvalue weighted by molar-refractivity contribution is 4.97. The van der Waals surface area contributed by atoms with E-state index in [0.717, 1.165) is 12.1 Å². The van der Waals surface area contributed by atoms with Crippen LogP contribution >= 0.6 is 0 Å². The highest BCUT2D eigenvalue weighted by Crippen LogP contribution is 2.27. The zero-order valence-electron chi connectivity index (χ0n) is 11.4. The summed E-state index contributed by atoms with van der Waals surface area (Å²) in [5.74, 6) is 0. The average Bonchev–Trinajstić information content (AvgIpc) is 2.69. The second-order valence-electron chi connectivity index (χ2n) is 6.80. The highest BCUT2D eigenvalue weighted by atomic mass is 15.3. The summed E-state index contributed by atoms with van der Waals surface area (Å²) < 4.78 is 0. The molecular weight excluding hydrogens is 210 g/mol. The van der Waals surface area contributed by atoms with Gasteiger partial charge in [-0.15, -0.1) is 0 Å². The van der Waals surface area contributed by atoms with E-state index in [2.05, 4.69) is 29.0 Å². The summed E-state index contributed by atoms with van der Waals surface area (Å²) in [6, 6.07) is 1.65. The number of piperazine rings is 1. The molecule has 0 radical (unpaired) electrons. The standard InChI is InChI=1S/C14H27N3/c1-14(2)9-13(10-15-14)17-8-7-16-6-4-3-5-12(16)11-17/h12-13,15H,3-11H2,1-2H3. The van der Waals surface area contributed by atoms with Gasteiger partial charge in [0.25, 0.3) is 0 Å². The summed E-state index contributed by atoms with van der Waals surface area (Å²) in [6.45, 7) is 11.1. The largest absolute Gasteiger partial charge is 0.310 e. The van der Waals surface area contributed by atoms with E-state index in [0.29, 0.717) is 5.54 Å². The predicted octanol–water partition coefficient (Wildman–Crippen LogP) is 1.30. The first kappa shape index (κ1) is 11.9. The Morgan fingerprint density at radius 3 is 2.59 bits per heavy atom. The molecule has 0 amide bonds. The maximum Gasteiger partial charge on any atom is 0.0239 e. The van der Waals surface area contributed by atoms with Gasteiger partial charge in [-0.1, -0.05) is 6.42 Å². The molecule has 3 saturated heterocycles. The van der Waals surface area contributed by atoms with Crippen LogP contribution in [0.3, 0.4) is 0 Å². The molecule has 0 bridgehead atoms. The van der Waals surface area contributed by atoms with Crippen molar-refractivity contribution in [1.29, 1.82) is 0 Å². The van der Waals surface area contributed by atoms with Gasteiger partial charge in [0.2, 0.25) is 0 Å². The Morgan fingerprint density at radius 2 is 1.82 bits per heavy atom. The number of hydrogen-bond acceptors (Lipinski definition) is 3. The monoisotopic (exact) mass is 237 g/mol. The van der Waals surface area contributed by atoms with E-state index in [1.54, 1.807) is 0 Å². The molecule has 3 aliphatic heterocycles. The first-order valence-electron chi connectivity index (χ1n) is 7.37. The molecule has 0 aliphatic carbocycles. The van der Waals surface area contributed by atoms with Gasteiger partial charge in [0, 0.05) is 43.8 Å². The molecule has 3 heteroatoms. The number of fused-ring (bicyclic) bond motifs is 1. The lowest BCUT2D eigenvalue weighted by Gasteiger charge is -2.46. The summed E-state index contributed by atoms with van der Waals surface area (Å²) in [5, 5.41) is 3.66. The van der Waals surface area contributed by atoms with Crippen LogP contribution in [0, 0.1) is 0 Å². The third kappa shape index (κ3) is 2.51. The quantitative estimate of drug-likeness (QED) is 0.741. The summed E-state index contributed by atoms with van der Waals surface area (Å²) in [6.07, 6.45) is 5.62. The van der Waals surface area contributed by atoms with Crippen LogP contribution in [0.1, 0.15) is 39.5 Å². The lowest BCUT2D eigenvalue weighted by molar-refractivity contribution is 0.0302. The number of nitrogens with one attached hydrogen (secondary N) is 1. The highest BCUT2D eigenvalue weighted by Gasteiger charge is 2.37. The van der Waals surface area contributed by atoms with Crippen LogP contribution in [0.5, 0.6) is 0 Å². The van der Waals surface area contributed by atoms with Crippen LogP contribution in [0.15, 0.2) is 0 Å². The molecule has 3 fully saturated rings. The number of nitrogens with zero attached hydrogens (tertiary/aromatic N) is 2. The molecule has 2 unspecified atom stereocenters. The first-order valence-corrected chi connectivity index (χ1v) is 7.37. The van der Waals surface area contributed by atoms with Gasteiger partial charge in [-0.25, -0.2) is 0 Å². The third-order valence-electron chi connectivity index (χ3n) is 4.95. The fraction of sp³-hybridized carbons (Fsp3) is 1.00. The average molecular weight is 237 g/mol. The van der Waals surface area contributed by atoms with Crippen molar-refractivity contribution >= 4 is 0 Å².